The molecule has 1 aromatic rings. The Morgan fingerprint density at radius 3 is 2.93 bits per heavy atom. The Hall–Kier alpha value is -0.740. The van der Waals surface area contributed by atoms with E-state index < -0.39 is 0 Å². The molecule has 0 aliphatic rings. The van der Waals surface area contributed by atoms with Gasteiger partial charge in [-0.1, -0.05) is 6.92 Å². The fourth-order valence-corrected chi connectivity index (χ4v) is 1.82. The predicted octanol–water partition coefficient (Wildman–Crippen LogP) is 2.38. The number of nitrogens with zero attached hydrogens (tertiary/aromatic N) is 1. The average Bonchev–Trinajstić information content (AvgIpc) is 2.59. The lowest BCUT2D eigenvalue weighted by Crippen LogP contribution is -2.07. The smallest absolute Gasteiger partial charge is 0.141 e. The SMILES string of the molecule is CCCOCCC(=O)Cc1csc(C)n1. The largest absolute Gasteiger partial charge is 0.381 e. The molecule has 4 heteroatoms. The fourth-order valence-electron chi connectivity index (χ4n) is 1.21. The molecule has 1 heterocycles. The Labute approximate surface area is 94.5 Å². The molecule has 0 radical (unpaired) electrons. The van der Waals surface area contributed by atoms with Crippen molar-refractivity contribution in [2.45, 2.75) is 33.1 Å². The number of Topliss-reactive ketones (excluding diaryl/α,β-unsaturated/α-hetero) is 1. The van der Waals surface area contributed by atoms with E-state index in [1.54, 1.807) is 11.3 Å². The van der Waals surface area contributed by atoms with Crippen molar-refractivity contribution in [1.29, 1.82) is 0 Å². The van der Waals surface area contributed by atoms with Gasteiger partial charge in [0.1, 0.15) is 5.78 Å². The quantitative estimate of drug-likeness (QED) is 0.671. The first-order valence-corrected chi connectivity index (χ1v) is 6.10. The van der Waals surface area contributed by atoms with Crippen LogP contribution in [0.15, 0.2) is 5.38 Å². The molecule has 0 N–H and O–H groups in total. The molecule has 0 bridgehead atoms. The summed E-state index contributed by atoms with van der Waals surface area (Å²) in [6.07, 6.45) is 1.94. The molecule has 0 saturated carbocycles. The van der Waals surface area contributed by atoms with Gasteiger partial charge in [0.25, 0.3) is 0 Å². The van der Waals surface area contributed by atoms with Crippen molar-refractivity contribution < 1.29 is 9.53 Å². The van der Waals surface area contributed by atoms with E-state index in [9.17, 15) is 4.79 Å². The first-order chi connectivity index (χ1) is 7.22. The van der Waals surface area contributed by atoms with E-state index in [4.69, 9.17) is 4.74 Å². The minimum atomic E-state index is 0.205. The number of ether oxygens (including phenoxy) is 1. The molecule has 84 valence electrons. The first-order valence-electron chi connectivity index (χ1n) is 5.22. The molecule has 0 atom stereocenters. The van der Waals surface area contributed by atoms with Crippen molar-refractivity contribution in [2.75, 3.05) is 13.2 Å². The monoisotopic (exact) mass is 227 g/mol. The number of aryl methyl sites for hydroxylation is 1. The molecule has 0 aliphatic heterocycles. The second-order valence-electron chi connectivity index (χ2n) is 3.44. The third-order valence-corrected chi connectivity index (χ3v) is 2.74. The second-order valence-corrected chi connectivity index (χ2v) is 4.50. The third kappa shape index (κ3) is 5.04. The van der Waals surface area contributed by atoms with Crippen molar-refractivity contribution in [3.05, 3.63) is 16.1 Å². The van der Waals surface area contributed by atoms with E-state index in [1.165, 1.54) is 0 Å². The maximum absolute atomic E-state index is 11.5. The Kier molecular flexibility index (Phi) is 5.50. The van der Waals surface area contributed by atoms with Gasteiger partial charge in [-0.15, -0.1) is 11.3 Å². The number of hydrogen-bond acceptors (Lipinski definition) is 4. The Morgan fingerprint density at radius 1 is 1.53 bits per heavy atom. The van der Waals surface area contributed by atoms with Crippen LogP contribution in [-0.2, 0) is 16.0 Å². The van der Waals surface area contributed by atoms with Gasteiger partial charge >= 0.3 is 0 Å². The standard InChI is InChI=1S/C11H17NO2S/c1-3-5-14-6-4-11(13)7-10-8-15-9(2)12-10/h8H,3-7H2,1-2H3. The van der Waals surface area contributed by atoms with Crippen LogP contribution in [0.5, 0.6) is 0 Å². The molecule has 0 aliphatic carbocycles. The summed E-state index contributed by atoms with van der Waals surface area (Å²) < 4.78 is 5.26. The van der Waals surface area contributed by atoms with Crippen LogP contribution >= 0.6 is 11.3 Å². The van der Waals surface area contributed by atoms with E-state index in [0.29, 0.717) is 19.4 Å². The maximum atomic E-state index is 11.5. The Morgan fingerprint density at radius 2 is 2.33 bits per heavy atom. The number of rotatable bonds is 7. The zero-order valence-electron chi connectivity index (χ0n) is 9.28. The van der Waals surface area contributed by atoms with E-state index in [0.717, 1.165) is 23.7 Å². The average molecular weight is 227 g/mol. The van der Waals surface area contributed by atoms with Gasteiger partial charge in [0.05, 0.1) is 17.3 Å². The van der Waals surface area contributed by atoms with Crippen molar-refractivity contribution in [3.63, 3.8) is 0 Å². The van der Waals surface area contributed by atoms with Gasteiger partial charge in [0.15, 0.2) is 0 Å². The van der Waals surface area contributed by atoms with Gasteiger partial charge in [-0.3, -0.25) is 4.79 Å². The number of hydrogen-bond donors (Lipinski definition) is 0. The topological polar surface area (TPSA) is 39.2 Å². The van der Waals surface area contributed by atoms with Gasteiger partial charge in [-0.2, -0.15) is 0 Å². The zero-order valence-corrected chi connectivity index (χ0v) is 10.1. The molecular weight excluding hydrogens is 210 g/mol. The molecule has 0 fully saturated rings. The summed E-state index contributed by atoms with van der Waals surface area (Å²) in [4.78, 5) is 15.7. The number of thiazole rings is 1. The first kappa shape index (κ1) is 12.3. The lowest BCUT2D eigenvalue weighted by molar-refractivity contribution is -0.119. The van der Waals surface area contributed by atoms with Crippen molar-refractivity contribution >= 4 is 17.1 Å². The minimum absolute atomic E-state index is 0.205. The number of carbonyl (C=O) groups excluding carboxylic acids is 1. The van der Waals surface area contributed by atoms with Crippen molar-refractivity contribution in [3.8, 4) is 0 Å². The molecule has 0 amide bonds. The molecule has 0 saturated heterocycles. The van der Waals surface area contributed by atoms with Crippen LogP contribution < -0.4 is 0 Å². The minimum Gasteiger partial charge on any atom is -0.381 e. The van der Waals surface area contributed by atoms with E-state index >= 15 is 0 Å². The maximum Gasteiger partial charge on any atom is 0.141 e. The van der Waals surface area contributed by atoms with Gasteiger partial charge in [-0.25, -0.2) is 4.98 Å². The molecule has 0 unspecified atom stereocenters. The molecule has 1 rings (SSSR count). The third-order valence-electron chi connectivity index (χ3n) is 1.92. The number of aromatic nitrogens is 1. The van der Waals surface area contributed by atoms with E-state index in [-0.39, 0.29) is 5.78 Å². The summed E-state index contributed by atoms with van der Waals surface area (Å²) in [7, 11) is 0. The second kappa shape index (κ2) is 6.69. The van der Waals surface area contributed by atoms with Crippen molar-refractivity contribution in [1.82, 2.24) is 4.98 Å². The molecular formula is C11H17NO2S. The highest BCUT2D eigenvalue weighted by molar-refractivity contribution is 7.09. The predicted molar refractivity (Wildman–Crippen MR) is 61.3 cm³/mol. The van der Waals surface area contributed by atoms with Crippen LogP contribution in [-0.4, -0.2) is 24.0 Å². The fraction of sp³-hybridized carbons (Fsp3) is 0.636. The molecule has 0 spiro atoms. The lowest BCUT2D eigenvalue weighted by Gasteiger charge is -2.00. The van der Waals surface area contributed by atoms with Crippen LogP contribution in [0.2, 0.25) is 0 Å². The van der Waals surface area contributed by atoms with E-state index in [2.05, 4.69) is 11.9 Å². The summed E-state index contributed by atoms with van der Waals surface area (Å²) >= 11 is 1.58. The molecule has 1 aromatic heterocycles. The normalized spacial score (nSPS) is 10.5. The van der Waals surface area contributed by atoms with Crippen LogP contribution in [0.3, 0.4) is 0 Å². The van der Waals surface area contributed by atoms with Gasteiger partial charge in [-0.05, 0) is 13.3 Å². The van der Waals surface area contributed by atoms with Gasteiger partial charge in [0.2, 0.25) is 0 Å². The highest BCUT2D eigenvalue weighted by Gasteiger charge is 2.06. The Balaban J connectivity index is 2.18. The highest BCUT2D eigenvalue weighted by Crippen LogP contribution is 2.09. The van der Waals surface area contributed by atoms with Crippen LogP contribution in [0.25, 0.3) is 0 Å². The highest BCUT2D eigenvalue weighted by atomic mass is 32.1. The Bertz CT molecular complexity index is 309. The summed E-state index contributed by atoms with van der Waals surface area (Å²) in [5.41, 5.74) is 0.887. The van der Waals surface area contributed by atoms with E-state index in [1.807, 2.05) is 12.3 Å². The summed E-state index contributed by atoms with van der Waals surface area (Å²) in [6, 6.07) is 0. The van der Waals surface area contributed by atoms with Crippen LogP contribution in [0, 0.1) is 6.92 Å². The molecule has 3 nitrogen and oxygen atoms in total. The van der Waals surface area contributed by atoms with Gasteiger partial charge < -0.3 is 4.74 Å². The molecule has 15 heavy (non-hydrogen) atoms. The number of carbonyl (C=O) groups is 1. The summed E-state index contributed by atoms with van der Waals surface area (Å²) in [5, 5.41) is 2.96. The number of ketones is 1. The van der Waals surface area contributed by atoms with Crippen LogP contribution in [0.4, 0.5) is 0 Å². The van der Waals surface area contributed by atoms with Gasteiger partial charge in [0, 0.05) is 24.8 Å². The lowest BCUT2D eigenvalue weighted by atomic mass is 10.2. The van der Waals surface area contributed by atoms with Crippen LogP contribution in [0.1, 0.15) is 30.5 Å². The summed E-state index contributed by atoms with van der Waals surface area (Å²) in [6.45, 7) is 5.28. The van der Waals surface area contributed by atoms with Crippen molar-refractivity contribution in [2.24, 2.45) is 0 Å². The molecule has 0 aromatic carbocycles. The summed E-state index contributed by atoms with van der Waals surface area (Å²) in [5.74, 6) is 0.205. The zero-order chi connectivity index (χ0) is 11.1.